The van der Waals surface area contributed by atoms with Gasteiger partial charge in [0, 0.05) is 11.7 Å². The molecule has 0 radical (unpaired) electrons. The smallest absolute Gasteiger partial charge is 0.168 e. The van der Waals surface area contributed by atoms with Crippen molar-refractivity contribution < 1.29 is 13.9 Å². The number of methoxy groups -OCH3 is 1. The first kappa shape index (κ1) is 15.4. The van der Waals surface area contributed by atoms with Gasteiger partial charge in [0.1, 0.15) is 5.78 Å². The van der Waals surface area contributed by atoms with Crippen molar-refractivity contribution in [3.05, 3.63) is 29.6 Å². The van der Waals surface area contributed by atoms with E-state index in [1.807, 2.05) is 0 Å². The van der Waals surface area contributed by atoms with Crippen LogP contribution >= 0.6 is 11.8 Å². The molecule has 0 saturated heterocycles. The van der Waals surface area contributed by atoms with Gasteiger partial charge in [-0.3, -0.25) is 4.79 Å². The Balaban J connectivity index is 1.84. The first-order valence-electron chi connectivity index (χ1n) is 7.15. The van der Waals surface area contributed by atoms with Crippen LogP contribution in [0.25, 0.3) is 0 Å². The number of rotatable bonds is 6. The first-order chi connectivity index (χ1) is 9.70. The molecule has 0 atom stereocenters. The Morgan fingerprint density at radius 2 is 2.10 bits per heavy atom. The second-order valence-corrected chi connectivity index (χ2v) is 6.51. The van der Waals surface area contributed by atoms with Gasteiger partial charge in [-0.2, -0.15) is 11.8 Å². The molecule has 1 aromatic carbocycles. The minimum Gasteiger partial charge on any atom is -0.494 e. The molecule has 0 spiro atoms. The van der Waals surface area contributed by atoms with Crippen molar-refractivity contribution in [1.82, 2.24) is 0 Å². The van der Waals surface area contributed by atoms with Crippen molar-refractivity contribution in [1.29, 1.82) is 0 Å². The number of carbonyl (C=O) groups is 1. The third-order valence-corrected chi connectivity index (χ3v) is 5.11. The SMILES string of the molecule is COc1cccc(CC(=O)CSC2CCCCC2)c1F. The van der Waals surface area contributed by atoms with E-state index >= 15 is 0 Å². The van der Waals surface area contributed by atoms with Crippen molar-refractivity contribution in [2.75, 3.05) is 12.9 Å². The number of Topliss-reactive ketones (excluding diaryl/α,β-unsaturated/α-hetero) is 1. The second-order valence-electron chi connectivity index (χ2n) is 5.22. The van der Waals surface area contributed by atoms with Gasteiger partial charge < -0.3 is 4.74 Å². The first-order valence-corrected chi connectivity index (χ1v) is 8.20. The molecule has 0 N–H and O–H groups in total. The van der Waals surface area contributed by atoms with Crippen LogP contribution in [0, 0.1) is 5.82 Å². The summed E-state index contributed by atoms with van der Waals surface area (Å²) in [5.41, 5.74) is 0.429. The van der Waals surface area contributed by atoms with Gasteiger partial charge in [-0.15, -0.1) is 0 Å². The lowest BCUT2D eigenvalue weighted by Crippen LogP contribution is -2.14. The molecule has 2 nitrogen and oxygen atoms in total. The van der Waals surface area contributed by atoms with Gasteiger partial charge in [-0.25, -0.2) is 4.39 Å². The Morgan fingerprint density at radius 3 is 2.80 bits per heavy atom. The molecule has 0 aliphatic heterocycles. The summed E-state index contributed by atoms with van der Waals surface area (Å²) >= 11 is 1.74. The van der Waals surface area contributed by atoms with Crippen LogP contribution < -0.4 is 4.74 Å². The van der Waals surface area contributed by atoms with Crippen molar-refractivity contribution >= 4 is 17.5 Å². The third kappa shape index (κ3) is 4.23. The predicted octanol–water partition coefficient (Wildman–Crippen LogP) is 4.01. The number of ether oxygens (including phenoxy) is 1. The molecular weight excluding hydrogens is 275 g/mol. The van der Waals surface area contributed by atoms with Crippen molar-refractivity contribution in [3.63, 3.8) is 0 Å². The Hall–Kier alpha value is -1.03. The van der Waals surface area contributed by atoms with Crippen LogP contribution in [0.5, 0.6) is 5.75 Å². The lowest BCUT2D eigenvalue weighted by atomic mass is 10.0. The minimum absolute atomic E-state index is 0.0905. The van der Waals surface area contributed by atoms with E-state index in [4.69, 9.17) is 4.74 Å². The van der Waals surface area contributed by atoms with E-state index in [1.165, 1.54) is 39.2 Å². The second kappa shape index (κ2) is 7.67. The molecule has 1 saturated carbocycles. The highest BCUT2D eigenvalue weighted by Gasteiger charge is 2.17. The average molecular weight is 296 g/mol. The molecule has 1 aliphatic carbocycles. The number of ketones is 1. The van der Waals surface area contributed by atoms with E-state index in [1.54, 1.807) is 30.0 Å². The summed E-state index contributed by atoms with van der Waals surface area (Å²) in [6.45, 7) is 0. The minimum atomic E-state index is -0.411. The van der Waals surface area contributed by atoms with E-state index in [0.29, 0.717) is 16.6 Å². The zero-order valence-electron chi connectivity index (χ0n) is 11.9. The summed E-state index contributed by atoms with van der Waals surface area (Å²) in [4.78, 5) is 12.0. The molecule has 0 amide bonds. The van der Waals surface area contributed by atoms with E-state index in [-0.39, 0.29) is 18.0 Å². The van der Waals surface area contributed by atoms with Crippen LogP contribution in [-0.4, -0.2) is 23.9 Å². The van der Waals surface area contributed by atoms with E-state index < -0.39 is 5.82 Å². The largest absolute Gasteiger partial charge is 0.494 e. The van der Waals surface area contributed by atoms with Gasteiger partial charge in [0.15, 0.2) is 11.6 Å². The highest BCUT2D eigenvalue weighted by Crippen LogP contribution is 2.28. The topological polar surface area (TPSA) is 26.3 Å². The molecule has 0 bridgehead atoms. The Bertz CT molecular complexity index is 456. The normalized spacial score (nSPS) is 16.1. The molecule has 1 aromatic rings. The molecule has 0 aromatic heterocycles. The zero-order valence-corrected chi connectivity index (χ0v) is 12.7. The summed E-state index contributed by atoms with van der Waals surface area (Å²) < 4.78 is 18.9. The Labute approximate surface area is 124 Å². The van der Waals surface area contributed by atoms with E-state index in [2.05, 4.69) is 0 Å². The fraction of sp³-hybridized carbons (Fsp3) is 0.562. The number of halogens is 1. The number of carbonyl (C=O) groups excluding carboxylic acids is 1. The quantitative estimate of drug-likeness (QED) is 0.793. The number of thioether (sulfide) groups is 1. The summed E-state index contributed by atoms with van der Waals surface area (Å²) in [5.74, 6) is 0.371. The molecule has 20 heavy (non-hydrogen) atoms. The summed E-state index contributed by atoms with van der Waals surface area (Å²) in [7, 11) is 1.43. The molecule has 4 heteroatoms. The average Bonchev–Trinajstić information content (AvgIpc) is 2.48. The summed E-state index contributed by atoms with van der Waals surface area (Å²) in [6, 6.07) is 4.94. The van der Waals surface area contributed by atoms with Crippen LogP contribution in [0.3, 0.4) is 0 Å². The van der Waals surface area contributed by atoms with Crippen LogP contribution in [0.1, 0.15) is 37.7 Å². The van der Waals surface area contributed by atoms with Gasteiger partial charge in [-0.05, 0) is 24.5 Å². The van der Waals surface area contributed by atoms with Crippen molar-refractivity contribution in [2.45, 2.75) is 43.8 Å². The standard InChI is InChI=1S/C16H21FO2S/c1-19-15-9-5-6-12(16(15)17)10-13(18)11-20-14-7-3-2-4-8-14/h5-6,9,14H,2-4,7-8,10-11H2,1H3. The van der Waals surface area contributed by atoms with E-state index in [0.717, 1.165) is 0 Å². The molecule has 0 unspecified atom stereocenters. The van der Waals surface area contributed by atoms with Crippen LogP contribution in [-0.2, 0) is 11.2 Å². The molecule has 1 fully saturated rings. The van der Waals surface area contributed by atoms with Crippen molar-refractivity contribution in [2.24, 2.45) is 0 Å². The van der Waals surface area contributed by atoms with Crippen LogP contribution in [0.15, 0.2) is 18.2 Å². The van der Waals surface area contributed by atoms with Crippen molar-refractivity contribution in [3.8, 4) is 5.75 Å². The molecular formula is C16H21FO2S. The number of hydrogen-bond acceptors (Lipinski definition) is 3. The van der Waals surface area contributed by atoms with Crippen LogP contribution in [0.2, 0.25) is 0 Å². The van der Waals surface area contributed by atoms with Gasteiger partial charge in [0.05, 0.1) is 12.9 Å². The van der Waals surface area contributed by atoms with Gasteiger partial charge in [0.25, 0.3) is 0 Å². The Morgan fingerprint density at radius 1 is 1.35 bits per heavy atom. The monoisotopic (exact) mass is 296 g/mol. The zero-order chi connectivity index (χ0) is 14.4. The highest BCUT2D eigenvalue weighted by molar-refractivity contribution is 8.00. The van der Waals surface area contributed by atoms with E-state index in [9.17, 15) is 9.18 Å². The lowest BCUT2D eigenvalue weighted by molar-refractivity contribution is -0.116. The van der Waals surface area contributed by atoms with Crippen LogP contribution in [0.4, 0.5) is 4.39 Å². The fourth-order valence-electron chi connectivity index (χ4n) is 2.56. The van der Waals surface area contributed by atoms with Gasteiger partial charge >= 0.3 is 0 Å². The number of hydrogen-bond donors (Lipinski definition) is 0. The van der Waals surface area contributed by atoms with Gasteiger partial charge in [-0.1, -0.05) is 31.4 Å². The maximum Gasteiger partial charge on any atom is 0.168 e. The fourth-order valence-corrected chi connectivity index (χ4v) is 3.75. The molecule has 110 valence electrons. The highest BCUT2D eigenvalue weighted by atomic mass is 32.2. The van der Waals surface area contributed by atoms with Gasteiger partial charge in [0.2, 0.25) is 0 Å². The lowest BCUT2D eigenvalue weighted by Gasteiger charge is -2.20. The maximum atomic E-state index is 13.9. The molecule has 2 rings (SSSR count). The third-order valence-electron chi connectivity index (χ3n) is 3.68. The molecule has 0 heterocycles. The summed E-state index contributed by atoms with van der Waals surface area (Å²) in [6.07, 6.45) is 6.45. The Kier molecular flexibility index (Phi) is 5.89. The summed E-state index contributed by atoms with van der Waals surface area (Å²) in [5, 5.41) is 0.614. The predicted molar refractivity (Wildman–Crippen MR) is 81.0 cm³/mol. The maximum absolute atomic E-state index is 13.9. The number of benzene rings is 1. The molecule has 1 aliphatic rings.